The molecule has 0 radical (unpaired) electrons. The van der Waals surface area contributed by atoms with Gasteiger partial charge in [-0.1, -0.05) is 387 Å². The minimum atomic E-state index is -0.956. The van der Waals surface area contributed by atoms with Crippen LogP contribution < -0.4 is 0 Å². The Morgan fingerprint density at radius 3 is 0.427 bits per heavy atom. The normalized spacial score (nSPS) is 11.4. The van der Waals surface area contributed by atoms with Gasteiger partial charge in [0.15, 0.2) is 12.2 Å². The van der Waals surface area contributed by atoms with E-state index in [1.807, 2.05) is 0 Å². The second kappa shape index (κ2) is 77.6. The molecule has 0 aliphatic carbocycles. The fraction of sp³-hybridized carbons (Fsp3) is 0.929. The van der Waals surface area contributed by atoms with Gasteiger partial charge in [-0.15, -0.1) is 0 Å². The number of ether oxygens (including phenoxy) is 6. The third-order valence-electron chi connectivity index (χ3n) is 19.3. The Morgan fingerprint density at radius 2 is 0.281 bits per heavy atom. The quantitative estimate of drug-likeness (QED) is 0.0323. The average Bonchev–Trinajstić information content (AvgIpc) is 2.34. The third-order valence-corrected chi connectivity index (χ3v) is 19.3. The molecule has 0 saturated heterocycles. The molecule has 0 aromatic rings. The van der Waals surface area contributed by atoms with E-state index in [1.54, 1.807) is 0 Å². The fourth-order valence-electron chi connectivity index (χ4n) is 12.9. The molecule has 0 N–H and O–H groups in total. The SMILES string of the molecule is CCCCCCCCCCCCCCCCCC(=O)OCC(COC(=O)CCCCCCCCCCCCCCCCC)OC(=O)CCCCC(=O)OC(COC(=O)CCCCCCCCCCCCCCCCC)COC(=O)CCCCCCCCCCCCCCCCC. The zero-order valence-corrected chi connectivity index (χ0v) is 64.0. The van der Waals surface area contributed by atoms with Crippen LogP contribution >= 0.6 is 0 Å². The molecule has 96 heavy (non-hydrogen) atoms. The second-order valence-electron chi connectivity index (χ2n) is 29.0. The van der Waals surface area contributed by atoms with Crippen molar-refractivity contribution in [3.63, 3.8) is 0 Å². The molecule has 0 aromatic heterocycles. The van der Waals surface area contributed by atoms with Crippen LogP contribution in [0.2, 0.25) is 0 Å². The highest BCUT2D eigenvalue weighted by molar-refractivity contribution is 5.72. The van der Waals surface area contributed by atoms with Crippen LogP contribution in [0, 0.1) is 0 Å². The van der Waals surface area contributed by atoms with Gasteiger partial charge in [0.05, 0.1) is 0 Å². The van der Waals surface area contributed by atoms with E-state index in [-0.39, 0.29) is 88.8 Å². The van der Waals surface area contributed by atoms with Gasteiger partial charge in [0.2, 0.25) is 0 Å². The molecule has 0 saturated carbocycles. The summed E-state index contributed by atoms with van der Waals surface area (Å²) in [6.07, 6.45) is 74.1. The number of hydrogen-bond donors (Lipinski definition) is 0. The molecular formula is C84H158O12. The van der Waals surface area contributed by atoms with Crippen molar-refractivity contribution in [2.24, 2.45) is 0 Å². The molecular weight excluding hydrogens is 1200 g/mol. The summed E-state index contributed by atoms with van der Waals surface area (Å²) in [5, 5.41) is 0. The number of hydrogen-bond acceptors (Lipinski definition) is 12. The molecule has 12 nitrogen and oxygen atoms in total. The van der Waals surface area contributed by atoms with Gasteiger partial charge in [-0.05, 0) is 38.5 Å². The van der Waals surface area contributed by atoms with Gasteiger partial charge in [-0.25, -0.2) is 0 Å². The highest BCUT2D eigenvalue weighted by atomic mass is 16.6. The zero-order chi connectivity index (χ0) is 69.8. The minimum Gasteiger partial charge on any atom is -0.462 e. The minimum absolute atomic E-state index is 0.0127. The summed E-state index contributed by atoms with van der Waals surface area (Å²) >= 11 is 0. The van der Waals surface area contributed by atoms with Crippen LogP contribution in [0.4, 0.5) is 0 Å². The summed E-state index contributed by atoms with van der Waals surface area (Å²) in [6, 6.07) is 0. The smallest absolute Gasteiger partial charge is 0.306 e. The Kier molecular flexibility index (Phi) is 75.0. The van der Waals surface area contributed by atoms with Crippen LogP contribution in [0.3, 0.4) is 0 Å². The Labute approximate surface area is 593 Å². The van der Waals surface area contributed by atoms with Gasteiger partial charge in [-0.2, -0.15) is 0 Å². The topological polar surface area (TPSA) is 158 Å². The van der Waals surface area contributed by atoms with Crippen molar-refractivity contribution in [3.05, 3.63) is 0 Å². The summed E-state index contributed by atoms with van der Waals surface area (Å²) in [7, 11) is 0. The van der Waals surface area contributed by atoms with E-state index in [0.29, 0.717) is 12.8 Å². The molecule has 0 heterocycles. The molecule has 0 aromatic carbocycles. The van der Waals surface area contributed by atoms with E-state index in [1.165, 1.54) is 308 Å². The van der Waals surface area contributed by atoms with Crippen LogP contribution in [-0.4, -0.2) is 74.5 Å². The van der Waals surface area contributed by atoms with Crippen molar-refractivity contribution in [2.45, 2.75) is 477 Å². The average molecular weight is 1360 g/mol. The van der Waals surface area contributed by atoms with Crippen LogP contribution in [-0.2, 0) is 57.2 Å². The molecule has 0 bridgehead atoms. The first-order chi connectivity index (χ1) is 47.1. The fourth-order valence-corrected chi connectivity index (χ4v) is 12.9. The predicted molar refractivity (Wildman–Crippen MR) is 400 cm³/mol. The first-order valence-corrected chi connectivity index (χ1v) is 42.2. The summed E-state index contributed by atoms with van der Waals surface area (Å²) < 4.78 is 33.9. The Hall–Kier alpha value is -3.18. The highest BCUT2D eigenvalue weighted by Gasteiger charge is 2.22. The maximum atomic E-state index is 13.3. The van der Waals surface area contributed by atoms with Crippen molar-refractivity contribution in [1.82, 2.24) is 0 Å². The number of unbranched alkanes of at least 4 members (excludes halogenated alkanes) is 57. The lowest BCUT2D eigenvalue weighted by atomic mass is 10.0. The van der Waals surface area contributed by atoms with Crippen LogP contribution in [0.5, 0.6) is 0 Å². The van der Waals surface area contributed by atoms with E-state index in [4.69, 9.17) is 28.4 Å². The van der Waals surface area contributed by atoms with E-state index in [0.717, 1.165) is 77.0 Å². The lowest BCUT2D eigenvalue weighted by Gasteiger charge is -2.19. The van der Waals surface area contributed by atoms with E-state index in [2.05, 4.69) is 27.7 Å². The van der Waals surface area contributed by atoms with Crippen molar-refractivity contribution in [2.75, 3.05) is 26.4 Å². The first-order valence-electron chi connectivity index (χ1n) is 42.2. The number of rotatable bonds is 79. The molecule has 0 spiro atoms. The first kappa shape index (κ1) is 92.8. The molecule has 0 aliphatic heterocycles. The Morgan fingerprint density at radius 1 is 0.167 bits per heavy atom. The van der Waals surface area contributed by atoms with Crippen molar-refractivity contribution >= 4 is 35.8 Å². The number of esters is 6. The Balaban J connectivity index is 5.14. The van der Waals surface area contributed by atoms with Gasteiger partial charge in [0.25, 0.3) is 0 Å². The summed E-state index contributed by atoms with van der Waals surface area (Å²) in [4.78, 5) is 78.1. The van der Waals surface area contributed by atoms with E-state index in [9.17, 15) is 28.8 Å². The van der Waals surface area contributed by atoms with Gasteiger partial charge >= 0.3 is 35.8 Å². The molecule has 0 rings (SSSR count). The zero-order valence-electron chi connectivity index (χ0n) is 64.0. The maximum absolute atomic E-state index is 13.3. The van der Waals surface area contributed by atoms with Gasteiger partial charge < -0.3 is 28.4 Å². The third kappa shape index (κ3) is 73.5. The molecule has 0 unspecified atom stereocenters. The standard InChI is InChI=1S/C84H158O12/c1-5-9-13-17-21-25-29-33-37-41-45-49-53-57-61-67-79(85)91-73-77(74-92-80(86)68-62-58-54-50-46-42-38-34-30-26-22-18-14-10-6-2)95-83(89)71-65-66-72-84(90)96-78(75-93-81(87)69-63-59-55-51-47-43-39-35-31-27-23-19-15-11-7-3)76-94-82(88)70-64-60-56-52-48-44-40-36-32-28-24-20-16-12-8-4/h77-78H,5-76H2,1-4H3. The summed E-state index contributed by atoms with van der Waals surface area (Å²) in [5.74, 6) is -2.56. The van der Waals surface area contributed by atoms with Crippen molar-refractivity contribution in [3.8, 4) is 0 Å². The monoisotopic (exact) mass is 1360 g/mol. The number of carbonyl (C=O) groups excluding carboxylic acids is 6. The lowest BCUT2D eigenvalue weighted by molar-refractivity contribution is -0.167. The van der Waals surface area contributed by atoms with Crippen LogP contribution in [0.25, 0.3) is 0 Å². The summed E-state index contributed by atoms with van der Waals surface area (Å²) in [6.45, 7) is 8.21. The summed E-state index contributed by atoms with van der Waals surface area (Å²) in [5.41, 5.74) is 0. The van der Waals surface area contributed by atoms with Gasteiger partial charge in [0.1, 0.15) is 26.4 Å². The molecule has 566 valence electrons. The largest absolute Gasteiger partial charge is 0.462 e. The molecule has 0 amide bonds. The van der Waals surface area contributed by atoms with Crippen molar-refractivity contribution < 1.29 is 57.2 Å². The lowest BCUT2D eigenvalue weighted by Crippen LogP contribution is -2.31. The van der Waals surface area contributed by atoms with Gasteiger partial charge in [-0.3, -0.25) is 28.8 Å². The molecule has 12 heteroatoms. The number of carbonyl (C=O) groups is 6. The molecule has 0 aliphatic rings. The second-order valence-corrected chi connectivity index (χ2v) is 29.0. The van der Waals surface area contributed by atoms with E-state index >= 15 is 0 Å². The predicted octanol–water partition coefficient (Wildman–Crippen LogP) is 25.6. The van der Waals surface area contributed by atoms with E-state index < -0.39 is 24.1 Å². The Bertz CT molecular complexity index is 1470. The van der Waals surface area contributed by atoms with Gasteiger partial charge in [0, 0.05) is 38.5 Å². The molecule has 0 atom stereocenters. The van der Waals surface area contributed by atoms with Crippen LogP contribution in [0.15, 0.2) is 0 Å². The van der Waals surface area contributed by atoms with Crippen molar-refractivity contribution in [1.29, 1.82) is 0 Å². The van der Waals surface area contributed by atoms with Crippen LogP contribution in [0.1, 0.15) is 464 Å². The maximum Gasteiger partial charge on any atom is 0.306 e. The molecule has 0 fully saturated rings. The highest BCUT2D eigenvalue weighted by Crippen LogP contribution is 2.20.